The Hall–Kier alpha value is -1.59. The van der Waals surface area contributed by atoms with Gasteiger partial charge < -0.3 is 15.4 Å². The van der Waals surface area contributed by atoms with E-state index in [1.165, 1.54) is 7.11 Å². The highest BCUT2D eigenvalue weighted by atomic mass is 16.5. The molecule has 1 aliphatic heterocycles. The number of ether oxygens (including phenoxy) is 1. The summed E-state index contributed by atoms with van der Waals surface area (Å²) in [4.78, 5) is 33.8. The van der Waals surface area contributed by atoms with Gasteiger partial charge in [-0.1, -0.05) is 6.92 Å². The van der Waals surface area contributed by atoms with Crippen molar-refractivity contribution < 1.29 is 19.1 Å². The van der Waals surface area contributed by atoms with E-state index in [1.54, 1.807) is 6.92 Å². The molecule has 1 fully saturated rings. The van der Waals surface area contributed by atoms with E-state index in [0.29, 0.717) is 19.3 Å². The summed E-state index contributed by atoms with van der Waals surface area (Å²) >= 11 is 0. The maximum Gasteiger partial charge on any atom is 0.328 e. The molecule has 0 spiro atoms. The summed E-state index contributed by atoms with van der Waals surface area (Å²) in [6.45, 7) is 1.77. The van der Waals surface area contributed by atoms with Gasteiger partial charge in [0.1, 0.15) is 12.1 Å². The molecule has 6 heteroatoms. The normalized spacial score (nSPS) is 21.1. The van der Waals surface area contributed by atoms with Crippen LogP contribution < -0.4 is 10.6 Å². The van der Waals surface area contributed by atoms with Crippen molar-refractivity contribution in [3.8, 4) is 0 Å². The Morgan fingerprint density at radius 1 is 1.62 bits per heavy atom. The zero-order chi connectivity index (χ0) is 12.1. The number of amides is 2. The first-order valence-electron chi connectivity index (χ1n) is 5.26. The minimum Gasteiger partial charge on any atom is -0.467 e. The Morgan fingerprint density at radius 3 is 2.75 bits per heavy atom. The average molecular weight is 228 g/mol. The first-order valence-corrected chi connectivity index (χ1v) is 5.26. The summed E-state index contributed by atoms with van der Waals surface area (Å²) in [6.07, 6.45) is 1.29. The first-order chi connectivity index (χ1) is 7.58. The van der Waals surface area contributed by atoms with Gasteiger partial charge in [-0.15, -0.1) is 0 Å². The van der Waals surface area contributed by atoms with Gasteiger partial charge in [0.25, 0.3) is 0 Å². The summed E-state index contributed by atoms with van der Waals surface area (Å²) in [5.74, 6) is -0.936. The molecule has 0 saturated carbocycles. The number of nitrogens with one attached hydrogen (secondary N) is 2. The predicted molar refractivity (Wildman–Crippen MR) is 55.4 cm³/mol. The van der Waals surface area contributed by atoms with Crippen molar-refractivity contribution in [1.82, 2.24) is 10.6 Å². The van der Waals surface area contributed by atoms with Crippen molar-refractivity contribution in [3.05, 3.63) is 0 Å². The van der Waals surface area contributed by atoms with Gasteiger partial charge in [0.05, 0.1) is 7.11 Å². The van der Waals surface area contributed by atoms with Crippen LogP contribution in [0.15, 0.2) is 0 Å². The van der Waals surface area contributed by atoms with Gasteiger partial charge in [0.2, 0.25) is 11.8 Å². The fourth-order valence-electron chi connectivity index (χ4n) is 1.55. The number of hydrogen-bond donors (Lipinski definition) is 2. The molecule has 1 aliphatic rings. The second-order valence-corrected chi connectivity index (χ2v) is 3.65. The number of carbonyl (C=O) groups is 3. The smallest absolute Gasteiger partial charge is 0.328 e. The van der Waals surface area contributed by atoms with E-state index in [0.717, 1.165) is 0 Å². The van der Waals surface area contributed by atoms with Gasteiger partial charge in [0.15, 0.2) is 0 Å². The SMILES string of the molecule is CC[C@@H](NC(=O)[C@@H]1CCC(=O)N1)C(=O)OC. The second kappa shape index (κ2) is 5.48. The van der Waals surface area contributed by atoms with Crippen molar-refractivity contribution in [3.63, 3.8) is 0 Å². The number of esters is 1. The summed E-state index contributed by atoms with van der Waals surface area (Å²) in [5.41, 5.74) is 0. The molecule has 2 amide bonds. The van der Waals surface area contributed by atoms with Crippen LogP contribution in [0.25, 0.3) is 0 Å². The van der Waals surface area contributed by atoms with Gasteiger partial charge in [-0.25, -0.2) is 4.79 Å². The summed E-state index contributed by atoms with van der Waals surface area (Å²) < 4.78 is 4.55. The van der Waals surface area contributed by atoms with Gasteiger partial charge in [-0.3, -0.25) is 9.59 Å². The molecule has 0 aromatic rings. The molecule has 0 aromatic carbocycles. The van der Waals surface area contributed by atoms with Gasteiger partial charge in [0, 0.05) is 6.42 Å². The van der Waals surface area contributed by atoms with Gasteiger partial charge in [-0.05, 0) is 12.8 Å². The Morgan fingerprint density at radius 2 is 2.31 bits per heavy atom. The van der Waals surface area contributed by atoms with Crippen LogP contribution in [-0.2, 0) is 19.1 Å². The Balaban J connectivity index is 2.49. The summed E-state index contributed by atoms with van der Waals surface area (Å²) in [7, 11) is 1.27. The largest absolute Gasteiger partial charge is 0.467 e. The van der Waals surface area contributed by atoms with Crippen molar-refractivity contribution in [2.75, 3.05) is 7.11 Å². The molecule has 2 N–H and O–H groups in total. The zero-order valence-electron chi connectivity index (χ0n) is 9.41. The van der Waals surface area contributed by atoms with E-state index < -0.39 is 18.1 Å². The van der Waals surface area contributed by atoms with Crippen LogP contribution in [0.5, 0.6) is 0 Å². The molecule has 90 valence electrons. The first kappa shape index (κ1) is 12.5. The van der Waals surface area contributed by atoms with Gasteiger partial charge in [-0.2, -0.15) is 0 Å². The molecule has 16 heavy (non-hydrogen) atoms. The Bertz CT molecular complexity index is 303. The standard InChI is InChI=1S/C10H16N2O4/c1-3-6(10(15)16-2)12-9(14)7-4-5-8(13)11-7/h6-7H,3-5H2,1-2H3,(H,11,13)(H,12,14)/t6-,7+/m1/s1. The fraction of sp³-hybridized carbons (Fsp3) is 0.700. The average Bonchev–Trinajstić information content (AvgIpc) is 2.71. The third-order valence-corrected chi connectivity index (χ3v) is 2.52. The van der Waals surface area contributed by atoms with E-state index in [-0.39, 0.29) is 11.8 Å². The summed E-state index contributed by atoms with van der Waals surface area (Å²) in [5, 5.41) is 5.09. The molecule has 2 atom stereocenters. The van der Waals surface area contributed by atoms with Crippen LogP contribution in [0.2, 0.25) is 0 Å². The quantitative estimate of drug-likeness (QED) is 0.625. The lowest BCUT2D eigenvalue weighted by Crippen LogP contribution is -2.48. The van der Waals surface area contributed by atoms with Gasteiger partial charge >= 0.3 is 5.97 Å². The van der Waals surface area contributed by atoms with Crippen LogP contribution in [0.4, 0.5) is 0 Å². The topological polar surface area (TPSA) is 84.5 Å². The van der Waals surface area contributed by atoms with E-state index in [4.69, 9.17) is 0 Å². The number of hydrogen-bond acceptors (Lipinski definition) is 4. The van der Waals surface area contributed by atoms with Crippen LogP contribution >= 0.6 is 0 Å². The number of carbonyl (C=O) groups excluding carboxylic acids is 3. The Labute approximate surface area is 93.7 Å². The van der Waals surface area contributed by atoms with Crippen LogP contribution in [0.3, 0.4) is 0 Å². The van der Waals surface area contributed by atoms with E-state index in [9.17, 15) is 14.4 Å². The second-order valence-electron chi connectivity index (χ2n) is 3.65. The molecule has 0 bridgehead atoms. The van der Waals surface area contributed by atoms with Crippen LogP contribution in [0, 0.1) is 0 Å². The molecule has 1 rings (SSSR count). The Kier molecular flexibility index (Phi) is 4.28. The summed E-state index contributed by atoms with van der Waals surface area (Å²) in [6, 6.07) is -1.17. The molecule has 1 heterocycles. The molecule has 1 saturated heterocycles. The molecular weight excluding hydrogens is 212 g/mol. The fourth-order valence-corrected chi connectivity index (χ4v) is 1.55. The third kappa shape index (κ3) is 2.95. The molecule has 0 unspecified atom stereocenters. The lowest BCUT2D eigenvalue weighted by Gasteiger charge is -2.17. The molecule has 6 nitrogen and oxygen atoms in total. The molecular formula is C10H16N2O4. The number of rotatable bonds is 4. The molecule has 0 radical (unpaired) electrons. The molecule has 0 aliphatic carbocycles. The third-order valence-electron chi connectivity index (χ3n) is 2.52. The van der Waals surface area contributed by atoms with Crippen molar-refractivity contribution >= 4 is 17.8 Å². The maximum absolute atomic E-state index is 11.6. The minimum absolute atomic E-state index is 0.133. The molecule has 0 aromatic heterocycles. The lowest BCUT2D eigenvalue weighted by atomic mass is 10.1. The highest BCUT2D eigenvalue weighted by Gasteiger charge is 2.29. The van der Waals surface area contributed by atoms with E-state index >= 15 is 0 Å². The zero-order valence-corrected chi connectivity index (χ0v) is 9.41. The van der Waals surface area contributed by atoms with Crippen LogP contribution in [0.1, 0.15) is 26.2 Å². The number of methoxy groups -OCH3 is 1. The maximum atomic E-state index is 11.6. The van der Waals surface area contributed by atoms with Crippen LogP contribution in [-0.4, -0.2) is 37.0 Å². The highest BCUT2D eigenvalue weighted by molar-refractivity contribution is 5.93. The lowest BCUT2D eigenvalue weighted by molar-refractivity contribution is -0.145. The van der Waals surface area contributed by atoms with Crippen molar-refractivity contribution in [2.45, 2.75) is 38.3 Å². The van der Waals surface area contributed by atoms with Crippen molar-refractivity contribution in [1.29, 1.82) is 0 Å². The van der Waals surface area contributed by atoms with Crippen molar-refractivity contribution in [2.24, 2.45) is 0 Å². The van der Waals surface area contributed by atoms with E-state index in [2.05, 4.69) is 15.4 Å². The highest BCUT2D eigenvalue weighted by Crippen LogP contribution is 2.07. The van der Waals surface area contributed by atoms with E-state index in [1.807, 2.05) is 0 Å². The predicted octanol–water partition coefficient (Wildman–Crippen LogP) is -0.667. The monoisotopic (exact) mass is 228 g/mol. The minimum atomic E-state index is -0.644.